The highest BCUT2D eigenvalue weighted by Gasteiger charge is 2.37. The van der Waals surface area contributed by atoms with Crippen LogP contribution in [0.15, 0.2) is 0 Å². The van der Waals surface area contributed by atoms with E-state index >= 15 is 0 Å². The molecule has 0 saturated carbocycles. The van der Waals surface area contributed by atoms with E-state index in [1.54, 1.807) is 6.92 Å². The van der Waals surface area contributed by atoms with Crippen LogP contribution in [0.3, 0.4) is 0 Å². The van der Waals surface area contributed by atoms with Crippen molar-refractivity contribution in [3.63, 3.8) is 0 Å². The molecule has 1 rings (SSSR count). The molecule has 1 atom stereocenters. The zero-order chi connectivity index (χ0) is 9.90. The van der Waals surface area contributed by atoms with E-state index in [4.69, 9.17) is 4.52 Å². The number of rotatable bonds is 3. The Bertz CT molecular complexity index is 236. The zero-order valence-corrected chi connectivity index (χ0v) is 9.05. The van der Waals surface area contributed by atoms with Gasteiger partial charge in [-0.15, -0.1) is 0 Å². The van der Waals surface area contributed by atoms with Gasteiger partial charge in [0.1, 0.15) is 0 Å². The third-order valence-corrected chi connectivity index (χ3v) is 4.90. The van der Waals surface area contributed by atoms with Gasteiger partial charge in [-0.3, -0.25) is 14.0 Å². The summed E-state index contributed by atoms with van der Waals surface area (Å²) in [6, 6.07) is 0. The molecular formula is C8H16NO3P. The molecule has 1 amide bonds. The molecular weight excluding hydrogens is 189 g/mol. The van der Waals surface area contributed by atoms with Crippen molar-refractivity contribution in [2.24, 2.45) is 0 Å². The van der Waals surface area contributed by atoms with Crippen molar-refractivity contribution in [1.82, 2.24) is 4.67 Å². The maximum atomic E-state index is 12.1. The molecule has 1 aliphatic rings. The minimum Gasteiger partial charge on any atom is -0.314 e. The largest absolute Gasteiger partial charge is 0.314 e. The van der Waals surface area contributed by atoms with Gasteiger partial charge in [0.2, 0.25) is 5.91 Å². The standard InChI is InChI=1S/C8H16NO3P/c1-3-9-8(10)6-5-7-13(9,11)12-4-2/h3-7H2,1-2H3. The highest BCUT2D eigenvalue weighted by molar-refractivity contribution is 7.57. The Morgan fingerprint density at radius 2 is 2.23 bits per heavy atom. The molecule has 1 unspecified atom stereocenters. The fourth-order valence-electron chi connectivity index (χ4n) is 1.58. The Labute approximate surface area is 78.8 Å². The Hall–Kier alpha value is -0.340. The van der Waals surface area contributed by atoms with Gasteiger partial charge in [0, 0.05) is 19.1 Å². The van der Waals surface area contributed by atoms with Crippen LogP contribution < -0.4 is 0 Å². The summed E-state index contributed by atoms with van der Waals surface area (Å²) < 4.78 is 18.7. The van der Waals surface area contributed by atoms with E-state index in [9.17, 15) is 9.36 Å². The van der Waals surface area contributed by atoms with E-state index in [1.807, 2.05) is 6.92 Å². The SMILES string of the molecule is CCOP1(=O)CCCC(=O)N1CC. The monoisotopic (exact) mass is 205 g/mol. The van der Waals surface area contributed by atoms with Gasteiger partial charge in [-0.05, 0) is 20.3 Å². The van der Waals surface area contributed by atoms with Crippen molar-refractivity contribution in [1.29, 1.82) is 0 Å². The summed E-state index contributed by atoms with van der Waals surface area (Å²) in [5.41, 5.74) is 0. The average Bonchev–Trinajstić information content (AvgIpc) is 2.04. The summed E-state index contributed by atoms with van der Waals surface area (Å²) in [5.74, 6) is -0.0365. The van der Waals surface area contributed by atoms with E-state index < -0.39 is 7.52 Å². The third kappa shape index (κ3) is 2.12. The lowest BCUT2D eigenvalue weighted by Crippen LogP contribution is -2.33. The first-order valence-corrected chi connectivity index (χ1v) is 6.44. The first-order chi connectivity index (χ1) is 6.14. The lowest BCUT2D eigenvalue weighted by molar-refractivity contribution is -0.127. The summed E-state index contributed by atoms with van der Waals surface area (Å²) >= 11 is 0. The third-order valence-electron chi connectivity index (χ3n) is 2.12. The van der Waals surface area contributed by atoms with E-state index in [0.29, 0.717) is 32.2 Å². The van der Waals surface area contributed by atoms with Crippen molar-refractivity contribution >= 4 is 13.4 Å². The molecule has 5 heteroatoms. The number of carbonyl (C=O) groups is 1. The van der Waals surface area contributed by atoms with Gasteiger partial charge in [-0.2, -0.15) is 0 Å². The summed E-state index contributed by atoms with van der Waals surface area (Å²) in [6.45, 7) is 4.51. The van der Waals surface area contributed by atoms with Crippen LogP contribution in [-0.4, -0.2) is 29.9 Å². The fraction of sp³-hybridized carbons (Fsp3) is 0.875. The zero-order valence-electron chi connectivity index (χ0n) is 8.15. The Morgan fingerprint density at radius 3 is 2.77 bits per heavy atom. The van der Waals surface area contributed by atoms with E-state index in [0.717, 1.165) is 0 Å². The Morgan fingerprint density at radius 1 is 1.54 bits per heavy atom. The number of hydrogen-bond acceptors (Lipinski definition) is 3. The molecule has 1 saturated heterocycles. The quantitative estimate of drug-likeness (QED) is 0.660. The van der Waals surface area contributed by atoms with Crippen LogP contribution in [0.25, 0.3) is 0 Å². The van der Waals surface area contributed by atoms with Crippen LogP contribution in [0.1, 0.15) is 26.7 Å². The van der Waals surface area contributed by atoms with Crippen LogP contribution in [0, 0.1) is 0 Å². The minimum absolute atomic E-state index is 0.0365. The molecule has 13 heavy (non-hydrogen) atoms. The van der Waals surface area contributed by atoms with Crippen LogP contribution in [0.5, 0.6) is 0 Å². The summed E-state index contributed by atoms with van der Waals surface area (Å²) in [5, 5.41) is 0. The Kier molecular flexibility index (Phi) is 3.51. The smallest absolute Gasteiger partial charge is 0.298 e. The van der Waals surface area contributed by atoms with E-state index in [1.165, 1.54) is 4.67 Å². The van der Waals surface area contributed by atoms with Crippen molar-refractivity contribution in [2.45, 2.75) is 26.7 Å². The molecule has 0 spiro atoms. The first-order valence-electron chi connectivity index (χ1n) is 4.68. The highest BCUT2D eigenvalue weighted by Crippen LogP contribution is 2.54. The van der Waals surface area contributed by atoms with E-state index in [2.05, 4.69) is 0 Å². The van der Waals surface area contributed by atoms with Gasteiger partial charge in [0.05, 0.1) is 6.61 Å². The molecule has 1 fully saturated rings. The molecule has 0 aromatic rings. The van der Waals surface area contributed by atoms with Crippen molar-refractivity contribution < 1.29 is 13.9 Å². The highest BCUT2D eigenvalue weighted by atomic mass is 31.2. The van der Waals surface area contributed by atoms with Gasteiger partial charge in [-0.1, -0.05) is 0 Å². The normalized spacial score (nSPS) is 29.4. The second-order valence-corrected chi connectivity index (χ2v) is 5.46. The fourth-order valence-corrected chi connectivity index (χ4v) is 3.92. The van der Waals surface area contributed by atoms with Crippen molar-refractivity contribution in [3.05, 3.63) is 0 Å². The molecule has 0 bridgehead atoms. The van der Waals surface area contributed by atoms with Gasteiger partial charge in [0.25, 0.3) is 7.52 Å². The molecule has 0 aliphatic carbocycles. The van der Waals surface area contributed by atoms with Crippen LogP contribution in [0.4, 0.5) is 0 Å². The van der Waals surface area contributed by atoms with Crippen LogP contribution in [0.2, 0.25) is 0 Å². The molecule has 4 nitrogen and oxygen atoms in total. The molecule has 76 valence electrons. The number of amides is 1. The van der Waals surface area contributed by atoms with Gasteiger partial charge in [-0.25, -0.2) is 0 Å². The van der Waals surface area contributed by atoms with Gasteiger partial charge in [0.15, 0.2) is 0 Å². The summed E-state index contributed by atoms with van der Waals surface area (Å²) in [4.78, 5) is 11.4. The first kappa shape index (κ1) is 10.7. The summed E-state index contributed by atoms with van der Waals surface area (Å²) in [7, 11) is -2.80. The number of carbonyl (C=O) groups excluding carboxylic acids is 1. The molecule has 0 radical (unpaired) electrons. The predicted octanol–water partition coefficient (Wildman–Crippen LogP) is 1.86. The average molecular weight is 205 g/mol. The predicted molar refractivity (Wildman–Crippen MR) is 50.7 cm³/mol. The van der Waals surface area contributed by atoms with E-state index in [-0.39, 0.29) is 5.91 Å². The van der Waals surface area contributed by atoms with Gasteiger partial charge < -0.3 is 4.52 Å². The molecule has 0 aromatic heterocycles. The van der Waals surface area contributed by atoms with Crippen molar-refractivity contribution in [2.75, 3.05) is 19.3 Å². The topological polar surface area (TPSA) is 46.6 Å². The lowest BCUT2D eigenvalue weighted by atomic mass is 10.3. The molecule has 1 heterocycles. The van der Waals surface area contributed by atoms with Crippen LogP contribution in [-0.2, 0) is 13.9 Å². The maximum Gasteiger partial charge on any atom is 0.298 e. The lowest BCUT2D eigenvalue weighted by Gasteiger charge is -2.33. The molecule has 0 N–H and O–H groups in total. The summed E-state index contributed by atoms with van der Waals surface area (Å²) in [6.07, 6.45) is 1.71. The number of nitrogens with zero attached hydrogens (tertiary/aromatic N) is 1. The van der Waals surface area contributed by atoms with Crippen molar-refractivity contribution in [3.8, 4) is 0 Å². The second kappa shape index (κ2) is 4.25. The maximum absolute atomic E-state index is 12.1. The second-order valence-electron chi connectivity index (χ2n) is 2.99. The molecule has 1 aliphatic heterocycles. The Balaban J connectivity index is 2.80. The molecule has 0 aromatic carbocycles. The van der Waals surface area contributed by atoms with Gasteiger partial charge >= 0.3 is 0 Å². The minimum atomic E-state index is -2.80. The number of hydrogen-bond donors (Lipinski definition) is 0. The van der Waals surface area contributed by atoms with Crippen LogP contribution >= 0.6 is 7.52 Å².